The Morgan fingerprint density at radius 2 is 2.00 bits per heavy atom. The van der Waals surface area contributed by atoms with Gasteiger partial charge >= 0.3 is 0 Å². The van der Waals surface area contributed by atoms with Crippen LogP contribution in [-0.2, 0) is 0 Å². The number of nitrogens with one attached hydrogen (secondary N) is 1. The quantitative estimate of drug-likeness (QED) is 0.623. The van der Waals surface area contributed by atoms with E-state index >= 15 is 0 Å². The number of anilines is 1. The van der Waals surface area contributed by atoms with E-state index in [2.05, 4.69) is 21.2 Å². The van der Waals surface area contributed by atoms with Gasteiger partial charge in [-0.3, -0.25) is 10.1 Å². The van der Waals surface area contributed by atoms with Crippen molar-refractivity contribution in [3.63, 3.8) is 0 Å². The van der Waals surface area contributed by atoms with Gasteiger partial charge in [-0.1, -0.05) is 18.2 Å². The first-order valence-corrected chi connectivity index (χ1v) is 7.15. The normalized spacial score (nSPS) is 12.0. The lowest BCUT2D eigenvalue weighted by Crippen LogP contribution is -2.09. The molecule has 0 aliphatic rings. The van der Waals surface area contributed by atoms with Crippen molar-refractivity contribution in [2.75, 3.05) is 5.32 Å². The van der Waals surface area contributed by atoms with Crippen LogP contribution in [0.1, 0.15) is 24.1 Å². The van der Waals surface area contributed by atoms with Gasteiger partial charge in [0.15, 0.2) is 0 Å². The molecule has 21 heavy (non-hydrogen) atoms. The lowest BCUT2D eigenvalue weighted by molar-refractivity contribution is -0.385. The van der Waals surface area contributed by atoms with Gasteiger partial charge in [-0.05, 0) is 41.9 Å². The topological polar surface area (TPSA) is 55.2 Å². The van der Waals surface area contributed by atoms with Gasteiger partial charge in [0.1, 0.15) is 5.82 Å². The largest absolute Gasteiger partial charge is 0.377 e. The van der Waals surface area contributed by atoms with Crippen LogP contribution < -0.4 is 5.32 Å². The van der Waals surface area contributed by atoms with E-state index < -0.39 is 4.92 Å². The maximum atomic E-state index is 13.8. The molecule has 0 heterocycles. The minimum Gasteiger partial charge on any atom is -0.377 e. The van der Waals surface area contributed by atoms with Gasteiger partial charge in [-0.2, -0.15) is 0 Å². The van der Waals surface area contributed by atoms with Crippen LogP contribution in [0.25, 0.3) is 0 Å². The molecule has 0 saturated carbocycles. The van der Waals surface area contributed by atoms with Crippen molar-refractivity contribution in [2.45, 2.75) is 19.9 Å². The fourth-order valence-corrected chi connectivity index (χ4v) is 2.56. The van der Waals surface area contributed by atoms with Crippen molar-refractivity contribution in [3.8, 4) is 0 Å². The van der Waals surface area contributed by atoms with Crippen molar-refractivity contribution in [3.05, 3.63) is 67.9 Å². The zero-order chi connectivity index (χ0) is 15.6. The number of aryl methyl sites for hydroxylation is 1. The molecule has 1 unspecified atom stereocenters. The summed E-state index contributed by atoms with van der Waals surface area (Å²) in [6.07, 6.45) is 0. The molecular weight excluding hydrogens is 339 g/mol. The number of hydrogen-bond donors (Lipinski definition) is 1. The molecule has 6 heteroatoms. The molecule has 0 aliphatic heterocycles. The number of nitro groups is 1. The molecule has 0 saturated heterocycles. The average Bonchev–Trinajstić information content (AvgIpc) is 2.42. The van der Waals surface area contributed by atoms with Gasteiger partial charge in [-0.25, -0.2) is 4.39 Å². The van der Waals surface area contributed by atoms with Crippen LogP contribution in [0.3, 0.4) is 0 Å². The molecule has 1 N–H and O–H groups in total. The van der Waals surface area contributed by atoms with Gasteiger partial charge in [0, 0.05) is 27.4 Å². The fourth-order valence-electron chi connectivity index (χ4n) is 2.12. The Balaban J connectivity index is 2.30. The number of halogens is 2. The SMILES string of the molecule is Cc1cc(NC(C)c2ccccc2F)c(Br)cc1[N+](=O)[O-]. The summed E-state index contributed by atoms with van der Waals surface area (Å²) in [4.78, 5) is 10.5. The third kappa shape index (κ3) is 3.39. The number of rotatable bonds is 4. The van der Waals surface area contributed by atoms with E-state index in [1.165, 1.54) is 12.1 Å². The minimum atomic E-state index is -0.426. The first-order valence-electron chi connectivity index (χ1n) is 6.35. The maximum Gasteiger partial charge on any atom is 0.273 e. The number of nitrogens with zero attached hydrogens (tertiary/aromatic N) is 1. The summed E-state index contributed by atoms with van der Waals surface area (Å²) in [5.74, 6) is -0.285. The Hall–Kier alpha value is -1.95. The number of benzene rings is 2. The molecule has 0 fully saturated rings. The predicted octanol–water partition coefficient (Wildman–Crippen LogP) is 4.98. The van der Waals surface area contributed by atoms with Crippen LogP contribution in [0, 0.1) is 22.9 Å². The molecule has 0 amide bonds. The fraction of sp³-hybridized carbons (Fsp3) is 0.200. The van der Waals surface area contributed by atoms with Gasteiger partial charge in [0.05, 0.1) is 11.0 Å². The Labute approximate surface area is 130 Å². The molecule has 0 aromatic heterocycles. The Bertz CT molecular complexity index is 691. The van der Waals surface area contributed by atoms with Crippen LogP contribution in [0.15, 0.2) is 40.9 Å². The van der Waals surface area contributed by atoms with Gasteiger partial charge in [0.2, 0.25) is 0 Å². The molecule has 0 radical (unpaired) electrons. The van der Waals surface area contributed by atoms with Crippen LogP contribution in [0.5, 0.6) is 0 Å². The second-order valence-electron chi connectivity index (χ2n) is 4.76. The second kappa shape index (κ2) is 6.22. The van der Waals surface area contributed by atoms with Crippen molar-refractivity contribution >= 4 is 27.3 Å². The van der Waals surface area contributed by atoms with Gasteiger partial charge in [-0.15, -0.1) is 0 Å². The molecule has 110 valence electrons. The summed E-state index contributed by atoms with van der Waals surface area (Å²) in [7, 11) is 0. The lowest BCUT2D eigenvalue weighted by atomic mass is 10.1. The zero-order valence-corrected chi connectivity index (χ0v) is 13.1. The van der Waals surface area contributed by atoms with E-state index in [9.17, 15) is 14.5 Å². The molecule has 0 spiro atoms. The predicted molar refractivity (Wildman–Crippen MR) is 84.0 cm³/mol. The van der Waals surface area contributed by atoms with Crippen LogP contribution >= 0.6 is 15.9 Å². The first-order chi connectivity index (χ1) is 9.90. The van der Waals surface area contributed by atoms with Crippen molar-refractivity contribution in [2.24, 2.45) is 0 Å². The van der Waals surface area contributed by atoms with E-state index in [1.807, 2.05) is 6.92 Å². The van der Waals surface area contributed by atoms with Crippen molar-refractivity contribution < 1.29 is 9.31 Å². The highest BCUT2D eigenvalue weighted by Crippen LogP contribution is 2.33. The highest BCUT2D eigenvalue weighted by Gasteiger charge is 2.16. The van der Waals surface area contributed by atoms with Crippen molar-refractivity contribution in [1.82, 2.24) is 0 Å². The highest BCUT2D eigenvalue weighted by atomic mass is 79.9. The standard InChI is InChI=1S/C15H14BrFN2O2/c1-9-7-14(12(16)8-15(9)19(20)21)18-10(2)11-5-3-4-6-13(11)17/h3-8,10,18H,1-2H3. The Kier molecular flexibility index (Phi) is 4.57. The molecule has 2 aromatic rings. The van der Waals surface area contributed by atoms with E-state index in [4.69, 9.17) is 0 Å². The summed E-state index contributed by atoms with van der Waals surface area (Å²) in [6.45, 7) is 3.51. The summed E-state index contributed by atoms with van der Waals surface area (Å²) in [6, 6.07) is 9.39. The molecule has 2 rings (SSSR count). The van der Waals surface area contributed by atoms with Gasteiger partial charge in [0.25, 0.3) is 5.69 Å². The Morgan fingerprint density at radius 3 is 2.62 bits per heavy atom. The molecular formula is C15H14BrFN2O2. The zero-order valence-electron chi connectivity index (χ0n) is 11.6. The number of hydrogen-bond acceptors (Lipinski definition) is 3. The molecule has 2 aromatic carbocycles. The lowest BCUT2D eigenvalue weighted by Gasteiger charge is -2.18. The molecule has 0 aliphatic carbocycles. The van der Waals surface area contributed by atoms with E-state index in [0.717, 1.165) is 0 Å². The first kappa shape index (κ1) is 15.4. The van der Waals surface area contributed by atoms with E-state index in [1.54, 1.807) is 31.2 Å². The summed E-state index contributed by atoms with van der Waals surface area (Å²) in [5.41, 5.74) is 1.83. The minimum absolute atomic E-state index is 0.0472. The third-order valence-corrected chi connectivity index (χ3v) is 3.88. The molecule has 0 bridgehead atoms. The van der Waals surface area contributed by atoms with Crippen LogP contribution in [-0.4, -0.2) is 4.92 Å². The second-order valence-corrected chi connectivity index (χ2v) is 5.62. The maximum absolute atomic E-state index is 13.8. The average molecular weight is 353 g/mol. The third-order valence-electron chi connectivity index (χ3n) is 3.23. The van der Waals surface area contributed by atoms with Crippen LogP contribution in [0.4, 0.5) is 15.8 Å². The molecule has 1 atom stereocenters. The molecule has 4 nitrogen and oxygen atoms in total. The van der Waals surface area contributed by atoms with Gasteiger partial charge < -0.3 is 5.32 Å². The van der Waals surface area contributed by atoms with Crippen LogP contribution in [0.2, 0.25) is 0 Å². The monoisotopic (exact) mass is 352 g/mol. The smallest absolute Gasteiger partial charge is 0.273 e. The number of nitro benzene ring substituents is 1. The summed E-state index contributed by atoms with van der Waals surface area (Å²) < 4.78 is 14.3. The summed E-state index contributed by atoms with van der Waals surface area (Å²) >= 11 is 3.31. The highest BCUT2D eigenvalue weighted by molar-refractivity contribution is 9.10. The van der Waals surface area contributed by atoms with Crippen molar-refractivity contribution in [1.29, 1.82) is 0 Å². The Morgan fingerprint density at radius 1 is 1.33 bits per heavy atom. The van der Waals surface area contributed by atoms with E-state index in [0.29, 0.717) is 21.3 Å². The summed E-state index contributed by atoms with van der Waals surface area (Å²) in [5, 5.41) is 14.1. The van der Waals surface area contributed by atoms with E-state index in [-0.39, 0.29) is 17.5 Å².